The standard InChI is InChI=1S/C24H24N4O4/c1-5-28-22-21(23(29)27(3)24(28)30)26(2)20(25-22)14-11-16-15-18(12-13-19(16)31-4)32-17-9-7-6-8-10-17/h6-15H,5H2,1-4H3/b14-11+. The molecule has 4 aromatic rings. The maximum absolute atomic E-state index is 12.7. The fourth-order valence-electron chi connectivity index (χ4n) is 3.57. The molecule has 0 spiro atoms. The second kappa shape index (κ2) is 8.58. The number of para-hydroxylation sites is 1. The highest BCUT2D eigenvalue weighted by Gasteiger charge is 2.17. The Morgan fingerprint density at radius 1 is 0.969 bits per heavy atom. The van der Waals surface area contributed by atoms with Gasteiger partial charge in [-0.05, 0) is 49.4 Å². The molecule has 0 saturated carbocycles. The molecule has 164 valence electrons. The molecule has 2 heterocycles. The van der Waals surface area contributed by atoms with E-state index in [9.17, 15) is 9.59 Å². The lowest BCUT2D eigenvalue weighted by atomic mass is 10.1. The lowest BCUT2D eigenvalue weighted by molar-refractivity contribution is 0.412. The number of ether oxygens (including phenoxy) is 2. The van der Waals surface area contributed by atoms with Crippen molar-refractivity contribution in [1.82, 2.24) is 18.7 Å². The largest absolute Gasteiger partial charge is 0.496 e. The first kappa shape index (κ1) is 21.2. The van der Waals surface area contributed by atoms with Crippen LogP contribution >= 0.6 is 0 Å². The molecule has 0 aliphatic rings. The van der Waals surface area contributed by atoms with Crippen molar-refractivity contribution in [3.05, 3.63) is 80.8 Å². The Hall–Kier alpha value is -4.07. The van der Waals surface area contributed by atoms with Crippen molar-refractivity contribution in [3.8, 4) is 17.2 Å². The number of imidazole rings is 1. The van der Waals surface area contributed by atoms with Crippen LogP contribution in [-0.4, -0.2) is 25.8 Å². The van der Waals surface area contributed by atoms with Gasteiger partial charge in [-0.1, -0.05) is 18.2 Å². The zero-order chi connectivity index (χ0) is 22.8. The minimum absolute atomic E-state index is 0.371. The summed E-state index contributed by atoms with van der Waals surface area (Å²) in [4.78, 5) is 29.7. The molecule has 4 rings (SSSR count). The van der Waals surface area contributed by atoms with E-state index in [1.165, 1.54) is 11.6 Å². The van der Waals surface area contributed by atoms with Crippen LogP contribution in [-0.2, 0) is 20.6 Å². The van der Waals surface area contributed by atoms with Gasteiger partial charge in [0.2, 0.25) is 0 Å². The van der Waals surface area contributed by atoms with Crippen LogP contribution in [0.1, 0.15) is 18.3 Å². The van der Waals surface area contributed by atoms with Crippen molar-refractivity contribution in [1.29, 1.82) is 0 Å². The third kappa shape index (κ3) is 3.71. The first-order valence-electron chi connectivity index (χ1n) is 10.2. The lowest BCUT2D eigenvalue weighted by Crippen LogP contribution is -2.38. The predicted molar refractivity (Wildman–Crippen MR) is 124 cm³/mol. The van der Waals surface area contributed by atoms with Gasteiger partial charge in [0.15, 0.2) is 11.2 Å². The van der Waals surface area contributed by atoms with E-state index in [2.05, 4.69) is 4.98 Å². The molecule has 0 fully saturated rings. The van der Waals surface area contributed by atoms with E-state index in [1.807, 2.05) is 61.5 Å². The van der Waals surface area contributed by atoms with Gasteiger partial charge in [-0.2, -0.15) is 0 Å². The number of nitrogens with zero attached hydrogens (tertiary/aromatic N) is 4. The number of benzene rings is 2. The second-order valence-corrected chi connectivity index (χ2v) is 7.24. The minimum Gasteiger partial charge on any atom is -0.496 e. The number of methoxy groups -OCH3 is 1. The van der Waals surface area contributed by atoms with E-state index < -0.39 is 0 Å². The molecule has 0 atom stereocenters. The van der Waals surface area contributed by atoms with Gasteiger partial charge in [0.05, 0.1) is 7.11 Å². The molecule has 32 heavy (non-hydrogen) atoms. The Morgan fingerprint density at radius 2 is 1.72 bits per heavy atom. The van der Waals surface area contributed by atoms with Crippen LogP contribution in [0.25, 0.3) is 23.3 Å². The molecule has 2 aromatic heterocycles. The van der Waals surface area contributed by atoms with Crippen molar-refractivity contribution < 1.29 is 9.47 Å². The molecule has 0 radical (unpaired) electrons. The Labute approximate surface area is 184 Å². The molecule has 0 saturated heterocycles. The summed E-state index contributed by atoms with van der Waals surface area (Å²) >= 11 is 0. The summed E-state index contributed by atoms with van der Waals surface area (Å²) in [5.41, 5.74) is 0.776. The summed E-state index contributed by atoms with van der Waals surface area (Å²) in [6.45, 7) is 2.26. The third-order valence-electron chi connectivity index (χ3n) is 5.30. The predicted octanol–water partition coefficient (Wildman–Crippen LogP) is 3.42. The normalized spacial score (nSPS) is 11.4. The van der Waals surface area contributed by atoms with Gasteiger partial charge < -0.3 is 14.0 Å². The second-order valence-electron chi connectivity index (χ2n) is 7.24. The molecule has 0 bridgehead atoms. The van der Waals surface area contributed by atoms with Crippen LogP contribution in [0.3, 0.4) is 0 Å². The summed E-state index contributed by atoms with van der Waals surface area (Å²) in [6.07, 6.45) is 3.63. The molecule has 8 heteroatoms. The van der Waals surface area contributed by atoms with Crippen LogP contribution in [0.15, 0.2) is 58.1 Å². The van der Waals surface area contributed by atoms with Gasteiger partial charge in [0, 0.05) is 26.2 Å². The van der Waals surface area contributed by atoms with E-state index in [-0.39, 0.29) is 11.2 Å². The number of aryl methyl sites for hydroxylation is 2. The summed E-state index contributed by atoms with van der Waals surface area (Å²) in [5, 5.41) is 0. The quantitative estimate of drug-likeness (QED) is 0.466. The maximum atomic E-state index is 12.7. The Morgan fingerprint density at radius 3 is 2.41 bits per heavy atom. The van der Waals surface area contributed by atoms with E-state index in [1.54, 1.807) is 24.8 Å². The van der Waals surface area contributed by atoms with Crippen LogP contribution in [0.2, 0.25) is 0 Å². The van der Waals surface area contributed by atoms with Gasteiger partial charge in [-0.3, -0.25) is 13.9 Å². The number of aromatic nitrogens is 4. The van der Waals surface area contributed by atoms with Gasteiger partial charge in [-0.25, -0.2) is 9.78 Å². The molecule has 0 aliphatic carbocycles. The van der Waals surface area contributed by atoms with Crippen LogP contribution in [0.5, 0.6) is 17.2 Å². The number of rotatable bonds is 6. The maximum Gasteiger partial charge on any atom is 0.332 e. The highest BCUT2D eigenvalue weighted by atomic mass is 16.5. The van der Waals surface area contributed by atoms with Gasteiger partial charge >= 0.3 is 5.69 Å². The van der Waals surface area contributed by atoms with Crippen LogP contribution in [0, 0.1) is 0 Å². The lowest BCUT2D eigenvalue weighted by Gasteiger charge is -2.09. The Bertz CT molecular complexity index is 1430. The smallest absolute Gasteiger partial charge is 0.332 e. The van der Waals surface area contributed by atoms with Crippen LogP contribution in [0.4, 0.5) is 0 Å². The summed E-state index contributed by atoms with van der Waals surface area (Å²) < 4.78 is 15.7. The zero-order valence-corrected chi connectivity index (χ0v) is 18.4. The van der Waals surface area contributed by atoms with E-state index >= 15 is 0 Å². The number of hydrogen-bond acceptors (Lipinski definition) is 5. The van der Waals surface area contributed by atoms with Crippen LogP contribution < -0.4 is 20.7 Å². The average molecular weight is 432 g/mol. The first-order valence-corrected chi connectivity index (χ1v) is 10.2. The first-order chi connectivity index (χ1) is 15.4. The Kier molecular flexibility index (Phi) is 5.68. The molecule has 0 N–H and O–H groups in total. The highest BCUT2D eigenvalue weighted by molar-refractivity contribution is 5.78. The van der Waals surface area contributed by atoms with Crippen molar-refractivity contribution in [3.63, 3.8) is 0 Å². The Balaban J connectivity index is 1.76. The summed E-state index contributed by atoms with van der Waals surface area (Å²) in [7, 11) is 4.83. The number of fused-ring (bicyclic) bond motifs is 1. The summed E-state index contributed by atoms with van der Waals surface area (Å²) in [6, 6.07) is 15.0. The monoisotopic (exact) mass is 432 g/mol. The van der Waals surface area contributed by atoms with E-state index in [4.69, 9.17) is 9.47 Å². The molecule has 8 nitrogen and oxygen atoms in total. The molecule has 0 aliphatic heterocycles. The van der Waals surface area contributed by atoms with E-state index in [0.29, 0.717) is 35.0 Å². The summed E-state index contributed by atoms with van der Waals surface area (Å²) in [5.74, 6) is 2.61. The van der Waals surface area contributed by atoms with E-state index in [0.717, 1.165) is 15.9 Å². The third-order valence-corrected chi connectivity index (χ3v) is 5.30. The van der Waals surface area contributed by atoms with Gasteiger partial charge in [-0.15, -0.1) is 0 Å². The SMILES string of the molecule is CCn1c(=O)n(C)c(=O)c2c1nc(/C=C/c1cc(Oc3ccccc3)ccc1OC)n2C. The van der Waals surface area contributed by atoms with Crippen molar-refractivity contribution >= 4 is 23.3 Å². The van der Waals surface area contributed by atoms with Gasteiger partial charge in [0.1, 0.15) is 23.1 Å². The van der Waals surface area contributed by atoms with Crippen molar-refractivity contribution in [2.24, 2.45) is 14.1 Å². The van der Waals surface area contributed by atoms with Gasteiger partial charge in [0.25, 0.3) is 5.56 Å². The van der Waals surface area contributed by atoms with Crippen molar-refractivity contribution in [2.75, 3.05) is 7.11 Å². The molecule has 0 unspecified atom stereocenters. The molecule has 0 amide bonds. The minimum atomic E-state index is -0.383. The fraction of sp³-hybridized carbons (Fsp3) is 0.208. The average Bonchev–Trinajstić information content (AvgIpc) is 3.13. The topological polar surface area (TPSA) is 80.3 Å². The molecular formula is C24H24N4O4. The zero-order valence-electron chi connectivity index (χ0n) is 18.4. The van der Waals surface area contributed by atoms with Crippen molar-refractivity contribution in [2.45, 2.75) is 13.5 Å². The molecular weight excluding hydrogens is 408 g/mol. The fourth-order valence-corrected chi connectivity index (χ4v) is 3.57. The molecule has 2 aromatic carbocycles. The number of hydrogen-bond donors (Lipinski definition) is 0. The highest BCUT2D eigenvalue weighted by Crippen LogP contribution is 2.29.